The molecule has 250 valence electrons. The molecule has 0 radical (unpaired) electrons. The monoisotopic (exact) mass is 620 g/mol. The molecule has 1 aromatic rings. The van der Waals surface area contributed by atoms with Crippen molar-refractivity contribution in [2.45, 2.75) is 173 Å². The van der Waals surface area contributed by atoms with Crippen molar-refractivity contribution in [1.29, 1.82) is 0 Å². The quantitative estimate of drug-likeness (QED) is 0.107. The molecule has 1 aromatic carbocycles. The first-order valence-corrected chi connectivity index (χ1v) is 17.8. The Balaban J connectivity index is 1.27. The third-order valence-corrected chi connectivity index (χ3v) is 9.50. The zero-order chi connectivity index (χ0) is 31.6. The van der Waals surface area contributed by atoms with Crippen LogP contribution in [0.15, 0.2) is 24.3 Å². The lowest BCUT2D eigenvalue weighted by Crippen LogP contribution is -2.30. The van der Waals surface area contributed by atoms with Crippen LogP contribution in [0.2, 0.25) is 0 Å². The summed E-state index contributed by atoms with van der Waals surface area (Å²) in [6.45, 7) is 4.91. The summed E-state index contributed by atoms with van der Waals surface area (Å²) >= 11 is 0. The van der Waals surface area contributed by atoms with Gasteiger partial charge >= 0.3 is 11.9 Å². The molecule has 0 N–H and O–H groups in total. The van der Waals surface area contributed by atoms with Crippen LogP contribution < -0.4 is 4.74 Å². The molecule has 2 saturated carbocycles. The zero-order valence-corrected chi connectivity index (χ0v) is 27.4. The van der Waals surface area contributed by atoms with Gasteiger partial charge in [-0.05, 0) is 107 Å². The first kappa shape index (κ1) is 36.3. The summed E-state index contributed by atoms with van der Waals surface area (Å²) in [5.41, 5.74) is 1.26. The Hall–Kier alpha value is -2.18. The van der Waals surface area contributed by atoms with E-state index in [9.17, 15) is 18.4 Å². The molecule has 0 amide bonds. The van der Waals surface area contributed by atoms with E-state index in [4.69, 9.17) is 14.2 Å². The molecule has 3 rings (SSSR count). The summed E-state index contributed by atoms with van der Waals surface area (Å²) in [6, 6.07) is 8.28. The smallest absolute Gasteiger partial charge is 0.340 e. The molecule has 5 nitrogen and oxygen atoms in total. The standard InChI is InChI=1S/C37H58F2O5/c1-3-5-7-9-11-13-34(38)36(40)43-32-21-15-28(16-22-32)27-42-31-23-17-29(18-24-31)30-19-25-33(26-20-30)44-37(41)35(39)14-12-10-8-6-4-2/h17-18,23-24,28,30,32-35H,3-16,19-22,25-27H2,1-2H3/t28?,30?,32?,33?,34?,35-/m1/s1. The average molecular weight is 621 g/mol. The predicted octanol–water partition coefficient (Wildman–Crippen LogP) is 10.1. The van der Waals surface area contributed by atoms with Crippen LogP contribution >= 0.6 is 0 Å². The van der Waals surface area contributed by atoms with Gasteiger partial charge in [-0.2, -0.15) is 0 Å². The van der Waals surface area contributed by atoms with Crippen LogP contribution in [-0.2, 0) is 19.1 Å². The summed E-state index contributed by atoms with van der Waals surface area (Å²) in [7, 11) is 0. The Bertz CT molecular complexity index is 922. The summed E-state index contributed by atoms with van der Waals surface area (Å²) in [5, 5.41) is 0. The van der Waals surface area contributed by atoms with Crippen LogP contribution in [0, 0.1) is 5.92 Å². The number of alkyl halides is 2. The second-order valence-corrected chi connectivity index (χ2v) is 13.2. The van der Waals surface area contributed by atoms with Crippen molar-refractivity contribution in [3.8, 4) is 5.75 Å². The van der Waals surface area contributed by atoms with E-state index in [1.165, 1.54) is 5.56 Å². The van der Waals surface area contributed by atoms with Crippen molar-refractivity contribution in [2.75, 3.05) is 6.61 Å². The Labute approximate surface area is 265 Å². The molecule has 0 saturated heterocycles. The van der Waals surface area contributed by atoms with Crippen molar-refractivity contribution < 1.29 is 32.6 Å². The highest BCUT2D eigenvalue weighted by molar-refractivity contribution is 5.75. The van der Waals surface area contributed by atoms with E-state index in [1.54, 1.807) is 0 Å². The van der Waals surface area contributed by atoms with E-state index in [2.05, 4.69) is 26.0 Å². The van der Waals surface area contributed by atoms with Crippen LogP contribution in [0.3, 0.4) is 0 Å². The number of rotatable bonds is 20. The van der Waals surface area contributed by atoms with E-state index in [1.807, 2.05) is 12.1 Å². The lowest BCUT2D eigenvalue weighted by molar-refractivity contribution is -0.158. The van der Waals surface area contributed by atoms with Gasteiger partial charge in [-0.15, -0.1) is 0 Å². The van der Waals surface area contributed by atoms with Crippen molar-refractivity contribution >= 4 is 11.9 Å². The molecular formula is C37H58F2O5. The third kappa shape index (κ3) is 13.4. The fourth-order valence-electron chi connectivity index (χ4n) is 6.55. The highest BCUT2D eigenvalue weighted by Crippen LogP contribution is 2.35. The van der Waals surface area contributed by atoms with Gasteiger partial charge in [0.15, 0.2) is 12.3 Å². The molecule has 2 aliphatic rings. The molecule has 0 heterocycles. The Morgan fingerprint density at radius 2 is 1.11 bits per heavy atom. The maximum absolute atomic E-state index is 14.3. The van der Waals surface area contributed by atoms with Crippen LogP contribution in [0.5, 0.6) is 5.75 Å². The molecular weight excluding hydrogens is 562 g/mol. The fraction of sp³-hybridized carbons (Fsp3) is 0.784. The highest BCUT2D eigenvalue weighted by atomic mass is 19.1. The van der Waals surface area contributed by atoms with Gasteiger partial charge in [-0.25, -0.2) is 18.4 Å². The number of ether oxygens (including phenoxy) is 3. The van der Waals surface area contributed by atoms with Crippen LogP contribution in [0.1, 0.15) is 154 Å². The largest absolute Gasteiger partial charge is 0.493 e. The predicted molar refractivity (Wildman–Crippen MR) is 171 cm³/mol. The summed E-state index contributed by atoms with van der Waals surface area (Å²) < 4.78 is 45.5. The van der Waals surface area contributed by atoms with Gasteiger partial charge in [-0.3, -0.25) is 0 Å². The maximum Gasteiger partial charge on any atom is 0.340 e. The molecule has 2 aliphatic carbocycles. The number of hydrogen-bond donors (Lipinski definition) is 0. The molecule has 1 unspecified atom stereocenters. The SMILES string of the molecule is CCCCCCCC(F)C(=O)OC1CCC(COc2ccc(C3CCC(OC(=O)[C@H](F)CCCCCCC)CC3)cc2)CC1. The minimum atomic E-state index is -1.50. The molecule has 44 heavy (non-hydrogen) atoms. The summed E-state index contributed by atoms with van der Waals surface area (Å²) in [4.78, 5) is 24.3. The Morgan fingerprint density at radius 3 is 1.59 bits per heavy atom. The highest BCUT2D eigenvalue weighted by Gasteiger charge is 2.29. The second-order valence-electron chi connectivity index (χ2n) is 13.2. The van der Waals surface area contributed by atoms with Crippen molar-refractivity contribution in [3.05, 3.63) is 29.8 Å². The number of benzene rings is 1. The van der Waals surface area contributed by atoms with E-state index in [-0.39, 0.29) is 25.0 Å². The number of carbonyl (C=O) groups is 2. The Kier molecular flexibility index (Phi) is 17.1. The minimum Gasteiger partial charge on any atom is -0.493 e. The van der Waals surface area contributed by atoms with Crippen molar-refractivity contribution in [2.24, 2.45) is 5.92 Å². The molecule has 0 aromatic heterocycles. The van der Waals surface area contributed by atoms with Gasteiger partial charge in [0, 0.05) is 0 Å². The van der Waals surface area contributed by atoms with E-state index in [0.717, 1.165) is 121 Å². The number of hydrogen-bond acceptors (Lipinski definition) is 5. The van der Waals surface area contributed by atoms with Gasteiger partial charge in [-0.1, -0.05) is 77.3 Å². The van der Waals surface area contributed by atoms with Crippen molar-refractivity contribution in [3.63, 3.8) is 0 Å². The molecule has 2 atom stereocenters. The lowest BCUT2D eigenvalue weighted by Gasteiger charge is -2.29. The number of unbranched alkanes of at least 4 members (excludes halogenated alkanes) is 8. The first-order chi connectivity index (χ1) is 21.4. The third-order valence-electron chi connectivity index (χ3n) is 9.50. The number of esters is 2. The summed E-state index contributed by atoms with van der Waals surface area (Å²) in [5.74, 6) is 0.269. The van der Waals surface area contributed by atoms with E-state index >= 15 is 0 Å². The zero-order valence-electron chi connectivity index (χ0n) is 27.4. The van der Waals surface area contributed by atoms with E-state index < -0.39 is 24.3 Å². The van der Waals surface area contributed by atoms with Crippen molar-refractivity contribution in [1.82, 2.24) is 0 Å². The lowest BCUT2D eigenvalue weighted by atomic mass is 9.82. The normalized spacial score (nSPS) is 23.5. The molecule has 0 aliphatic heterocycles. The molecule has 0 bridgehead atoms. The molecule has 7 heteroatoms. The number of carbonyl (C=O) groups excluding carboxylic acids is 2. The van der Waals surface area contributed by atoms with Crippen LogP contribution in [0.25, 0.3) is 0 Å². The summed E-state index contributed by atoms with van der Waals surface area (Å²) in [6.07, 6.45) is 14.1. The topological polar surface area (TPSA) is 61.8 Å². The van der Waals surface area contributed by atoms with Crippen LogP contribution in [-0.4, -0.2) is 43.1 Å². The fourth-order valence-corrected chi connectivity index (χ4v) is 6.55. The van der Waals surface area contributed by atoms with Crippen LogP contribution in [0.4, 0.5) is 8.78 Å². The molecule has 2 fully saturated rings. The average Bonchev–Trinajstić information content (AvgIpc) is 3.04. The molecule has 0 spiro atoms. The Morgan fingerprint density at radius 1 is 0.659 bits per heavy atom. The minimum absolute atomic E-state index is 0.183. The second kappa shape index (κ2) is 20.8. The van der Waals surface area contributed by atoms with Gasteiger partial charge in [0.1, 0.15) is 18.0 Å². The van der Waals surface area contributed by atoms with Gasteiger partial charge in [0.05, 0.1) is 6.61 Å². The van der Waals surface area contributed by atoms with E-state index in [0.29, 0.717) is 18.4 Å². The van der Waals surface area contributed by atoms with Gasteiger partial charge in [0.25, 0.3) is 0 Å². The first-order valence-electron chi connectivity index (χ1n) is 17.8. The van der Waals surface area contributed by atoms with Gasteiger partial charge < -0.3 is 14.2 Å². The maximum atomic E-state index is 14.3. The number of halogens is 2. The van der Waals surface area contributed by atoms with Gasteiger partial charge in [0.2, 0.25) is 0 Å².